The summed E-state index contributed by atoms with van der Waals surface area (Å²) in [5.74, 6) is -1.60. The topological polar surface area (TPSA) is 90.1 Å². The summed E-state index contributed by atoms with van der Waals surface area (Å²) in [6.45, 7) is 4.95. The molecule has 0 aliphatic heterocycles. The van der Waals surface area contributed by atoms with Gasteiger partial charge in [0.05, 0.1) is 29.0 Å². The van der Waals surface area contributed by atoms with Crippen LogP contribution in [0.2, 0.25) is 5.02 Å². The molecule has 5 rings (SSSR count). The van der Waals surface area contributed by atoms with Gasteiger partial charge in [-0.3, -0.25) is 19.3 Å². The van der Waals surface area contributed by atoms with Crippen LogP contribution in [0.3, 0.4) is 0 Å². The van der Waals surface area contributed by atoms with E-state index in [0.717, 1.165) is 23.7 Å². The highest BCUT2D eigenvalue weighted by Crippen LogP contribution is 2.36. The van der Waals surface area contributed by atoms with E-state index < -0.39 is 22.8 Å². The summed E-state index contributed by atoms with van der Waals surface area (Å²) in [6, 6.07) is 7.81. The number of aryl methyl sites for hydroxylation is 3. The van der Waals surface area contributed by atoms with Gasteiger partial charge < -0.3 is 9.84 Å². The molecular weight excluding hydrogens is 502 g/mol. The van der Waals surface area contributed by atoms with Crippen LogP contribution < -0.4 is 10.3 Å². The maximum Gasteiger partial charge on any atom is 0.277 e. The number of halogens is 3. The van der Waals surface area contributed by atoms with E-state index >= 15 is 0 Å². The van der Waals surface area contributed by atoms with Gasteiger partial charge in [-0.05, 0) is 56.9 Å². The maximum atomic E-state index is 13.9. The zero-order chi connectivity index (χ0) is 26.5. The predicted octanol–water partition coefficient (Wildman–Crippen LogP) is 4.97. The number of hydrogen-bond donors (Lipinski definition) is 1. The Morgan fingerprint density at radius 3 is 2.68 bits per heavy atom. The first-order chi connectivity index (χ1) is 17.5. The summed E-state index contributed by atoms with van der Waals surface area (Å²) >= 11 is 6.37. The molecule has 37 heavy (non-hydrogen) atoms. The third-order valence-electron chi connectivity index (χ3n) is 6.50. The molecule has 0 aromatic carbocycles. The molecule has 4 heterocycles. The fourth-order valence-corrected chi connectivity index (χ4v) is 4.66. The van der Waals surface area contributed by atoms with E-state index in [9.17, 15) is 18.7 Å². The minimum atomic E-state index is -0.998. The number of hydrogen-bond acceptors (Lipinski definition) is 6. The number of nitrogens with zero attached hydrogens (tertiary/aromatic N) is 4. The molecule has 0 bridgehead atoms. The molecule has 1 aliphatic carbocycles. The quantitative estimate of drug-likeness (QED) is 0.396. The number of rotatable bonds is 5. The van der Waals surface area contributed by atoms with Gasteiger partial charge in [0.15, 0.2) is 5.82 Å². The minimum Gasteiger partial charge on any atom is -0.485 e. The Morgan fingerprint density at radius 2 is 1.92 bits per heavy atom. The zero-order valence-electron chi connectivity index (χ0n) is 20.3. The summed E-state index contributed by atoms with van der Waals surface area (Å²) < 4.78 is 34.1. The monoisotopic (exact) mass is 524 g/mol. The number of aliphatic hydroxyl groups is 1. The van der Waals surface area contributed by atoms with Gasteiger partial charge in [-0.15, -0.1) is 0 Å². The van der Waals surface area contributed by atoms with Gasteiger partial charge in [0, 0.05) is 24.0 Å². The standard InChI is InChI=1S/C27H23ClF2N4O3/c1-14-11-31-20(19-5-4-16-6-7-27(3,36)25(16)33-19)10-22(14)34-15(2)8-23(24(28)26(34)35)37-13-21-18(30)9-17(29)12-32-21/h4-5,8-12,36H,6-7,13H2,1-3H3/t27-/m0/s1. The first-order valence-electron chi connectivity index (χ1n) is 11.6. The van der Waals surface area contributed by atoms with Crippen molar-refractivity contribution in [3.05, 3.63) is 97.9 Å². The first kappa shape index (κ1) is 25.0. The average Bonchev–Trinajstić information content (AvgIpc) is 3.16. The highest BCUT2D eigenvalue weighted by molar-refractivity contribution is 6.31. The molecule has 4 aromatic heterocycles. The lowest BCUT2D eigenvalue weighted by Crippen LogP contribution is -2.23. The Hall–Kier alpha value is -3.69. The highest BCUT2D eigenvalue weighted by atomic mass is 35.5. The molecule has 10 heteroatoms. The van der Waals surface area contributed by atoms with Crippen molar-refractivity contribution < 1.29 is 18.6 Å². The molecule has 7 nitrogen and oxygen atoms in total. The van der Waals surface area contributed by atoms with E-state index in [4.69, 9.17) is 16.3 Å². The van der Waals surface area contributed by atoms with Crippen LogP contribution in [0, 0.1) is 25.5 Å². The smallest absolute Gasteiger partial charge is 0.277 e. The molecule has 1 atom stereocenters. The molecule has 190 valence electrons. The summed E-state index contributed by atoms with van der Waals surface area (Å²) in [5, 5.41) is 10.5. The van der Waals surface area contributed by atoms with E-state index in [1.165, 1.54) is 4.57 Å². The number of fused-ring (bicyclic) bond motifs is 1. The van der Waals surface area contributed by atoms with E-state index in [1.54, 1.807) is 32.2 Å². The van der Waals surface area contributed by atoms with Crippen molar-refractivity contribution in [2.75, 3.05) is 0 Å². The van der Waals surface area contributed by atoms with Gasteiger partial charge in [0.2, 0.25) is 0 Å². The molecular formula is C27H23ClF2N4O3. The van der Waals surface area contributed by atoms with E-state index in [0.29, 0.717) is 41.0 Å². The Balaban J connectivity index is 1.51. The Labute approximate surface area is 216 Å². The Kier molecular flexibility index (Phi) is 6.29. The largest absolute Gasteiger partial charge is 0.485 e. The van der Waals surface area contributed by atoms with Gasteiger partial charge in [-0.1, -0.05) is 17.7 Å². The van der Waals surface area contributed by atoms with Crippen molar-refractivity contribution in [2.24, 2.45) is 0 Å². The predicted molar refractivity (Wildman–Crippen MR) is 134 cm³/mol. The van der Waals surface area contributed by atoms with Crippen LogP contribution in [0.25, 0.3) is 17.1 Å². The van der Waals surface area contributed by atoms with Crippen LogP contribution in [-0.2, 0) is 18.6 Å². The summed E-state index contributed by atoms with van der Waals surface area (Å²) in [5.41, 5.74) is 2.91. The van der Waals surface area contributed by atoms with Gasteiger partial charge in [0.25, 0.3) is 5.56 Å². The molecule has 0 saturated heterocycles. The van der Waals surface area contributed by atoms with Crippen molar-refractivity contribution in [1.82, 2.24) is 19.5 Å². The minimum absolute atomic E-state index is 0.0559. The molecule has 0 amide bonds. The van der Waals surface area contributed by atoms with Crippen LogP contribution >= 0.6 is 11.6 Å². The molecule has 0 saturated carbocycles. The third-order valence-corrected chi connectivity index (χ3v) is 6.84. The van der Waals surface area contributed by atoms with Crippen LogP contribution in [0.1, 0.15) is 41.6 Å². The molecule has 0 radical (unpaired) electrons. The normalized spacial score (nSPS) is 16.6. The molecule has 0 unspecified atom stereocenters. The molecule has 4 aromatic rings. The summed E-state index contributed by atoms with van der Waals surface area (Å²) in [4.78, 5) is 26.2. The first-order valence-corrected chi connectivity index (χ1v) is 12.0. The SMILES string of the molecule is Cc1cnc(-c2ccc3c(n2)[C@@](C)(O)CC3)cc1-n1c(C)cc(OCc2ncc(F)cc2F)c(Cl)c1=O. The molecule has 1 N–H and O–H groups in total. The average molecular weight is 525 g/mol. The second kappa shape index (κ2) is 9.32. The van der Waals surface area contributed by atoms with Crippen LogP contribution in [0.5, 0.6) is 5.75 Å². The highest BCUT2D eigenvalue weighted by Gasteiger charge is 2.34. The number of ether oxygens (including phenoxy) is 1. The number of aromatic nitrogens is 4. The van der Waals surface area contributed by atoms with E-state index in [-0.39, 0.29) is 23.1 Å². The lowest BCUT2D eigenvalue weighted by atomic mass is 10.0. The van der Waals surface area contributed by atoms with Gasteiger partial charge in [-0.25, -0.2) is 13.8 Å². The molecule has 0 fully saturated rings. The van der Waals surface area contributed by atoms with Crippen LogP contribution in [0.4, 0.5) is 8.78 Å². The Morgan fingerprint density at radius 1 is 1.14 bits per heavy atom. The molecule has 0 spiro atoms. The van der Waals surface area contributed by atoms with Crippen molar-refractivity contribution in [2.45, 2.75) is 45.8 Å². The van der Waals surface area contributed by atoms with E-state index in [2.05, 4.69) is 15.0 Å². The van der Waals surface area contributed by atoms with Crippen molar-refractivity contribution in [3.8, 4) is 22.8 Å². The summed E-state index contributed by atoms with van der Waals surface area (Å²) in [7, 11) is 0. The van der Waals surface area contributed by atoms with Crippen molar-refractivity contribution in [3.63, 3.8) is 0 Å². The Bertz CT molecular complexity index is 1600. The fraction of sp³-hybridized carbons (Fsp3) is 0.259. The molecule has 1 aliphatic rings. The van der Waals surface area contributed by atoms with Gasteiger partial charge in [-0.2, -0.15) is 0 Å². The summed E-state index contributed by atoms with van der Waals surface area (Å²) in [6.07, 6.45) is 3.89. The van der Waals surface area contributed by atoms with Crippen molar-refractivity contribution >= 4 is 11.6 Å². The van der Waals surface area contributed by atoms with E-state index in [1.807, 2.05) is 19.1 Å². The second-order valence-corrected chi connectivity index (χ2v) is 9.69. The zero-order valence-corrected chi connectivity index (χ0v) is 21.1. The number of pyridine rings is 4. The third kappa shape index (κ3) is 4.60. The lowest BCUT2D eigenvalue weighted by molar-refractivity contribution is 0.0554. The fourth-order valence-electron chi connectivity index (χ4n) is 4.47. The lowest BCUT2D eigenvalue weighted by Gasteiger charge is -2.18. The van der Waals surface area contributed by atoms with Crippen LogP contribution in [0.15, 0.2) is 47.5 Å². The second-order valence-electron chi connectivity index (χ2n) is 9.31. The van der Waals surface area contributed by atoms with Crippen molar-refractivity contribution in [1.29, 1.82) is 0 Å². The van der Waals surface area contributed by atoms with Gasteiger partial charge in [0.1, 0.15) is 34.5 Å². The van der Waals surface area contributed by atoms with Crippen LogP contribution in [-0.4, -0.2) is 24.6 Å². The maximum absolute atomic E-state index is 13.9. The van der Waals surface area contributed by atoms with Gasteiger partial charge >= 0.3 is 0 Å².